The van der Waals surface area contributed by atoms with Gasteiger partial charge in [-0.1, -0.05) is 11.6 Å². The Morgan fingerprint density at radius 1 is 1.17 bits per heavy atom. The molecule has 1 aromatic carbocycles. The predicted octanol–water partition coefficient (Wildman–Crippen LogP) is 2.90. The second-order valence-electron chi connectivity index (χ2n) is 6.42. The molecule has 0 atom stereocenters. The number of thiophene rings is 1. The van der Waals surface area contributed by atoms with E-state index in [0.29, 0.717) is 67.3 Å². The number of ether oxygens (including phenoxy) is 2. The monoisotopic (exact) mass is 458 g/mol. The van der Waals surface area contributed by atoms with Gasteiger partial charge >= 0.3 is 0 Å². The highest BCUT2D eigenvalue weighted by molar-refractivity contribution is 7.91. The number of amides is 1. The number of halogens is 1. The average Bonchev–Trinajstić information content (AvgIpc) is 3.22. The minimum absolute atomic E-state index is 0.101. The van der Waals surface area contributed by atoms with Crippen LogP contribution in [0.3, 0.4) is 0 Å². The summed E-state index contributed by atoms with van der Waals surface area (Å²) in [7, 11) is -3.49. The molecule has 158 valence electrons. The van der Waals surface area contributed by atoms with Crippen molar-refractivity contribution in [1.82, 2.24) is 9.62 Å². The maximum absolute atomic E-state index is 12.6. The lowest BCUT2D eigenvalue weighted by molar-refractivity contribution is -0.121. The predicted molar refractivity (Wildman–Crippen MR) is 112 cm³/mol. The van der Waals surface area contributed by atoms with Crippen LogP contribution in [0.5, 0.6) is 5.75 Å². The third kappa shape index (κ3) is 6.42. The number of carbonyl (C=O) groups is 1. The largest absolute Gasteiger partial charge is 0.494 e. The van der Waals surface area contributed by atoms with Crippen molar-refractivity contribution in [2.75, 3.05) is 32.9 Å². The maximum atomic E-state index is 12.6. The first kappa shape index (κ1) is 22.0. The number of rotatable bonds is 9. The van der Waals surface area contributed by atoms with Gasteiger partial charge in [-0.05, 0) is 42.8 Å². The smallest absolute Gasteiger partial charge is 0.252 e. The molecule has 0 saturated carbocycles. The van der Waals surface area contributed by atoms with E-state index in [1.807, 2.05) is 0 Å². The number of nitrogens with zero attached hydrogens (tertiary/aromatic N) is 1. The molecule has 1 aromatic heterocycles. The molecule has 1 aliphatic heterocycles. The Labute approximate surface area is 179 Å². The lowest BCUT2D eigenvalue weighted by atomic mass is 10.3. The quantitative estimate of drug-likeness (QED) is 0.584. The van der Waals surface area contributed by atoms with Crippen LogP contribution in [0, 0.1) is 0 Å². The van der Waals surface area contributed by atoms with Crippen LogP contribution in [0.1, 0.15) is 17.7 Å². The van der Waals surface area contributed by atoms with Crippen molar-refractivity contribution in [2.24, 2.45) is 0 Å². The Bertz CT molecular complexity index is 909. The molecular formula is C19H23ClN2O5S2. The van der Waals surface area contributed by atoms with Crippen LogP contribution in [-0.2, 0) is 26.1 Å². The second-order valence-corrected chi connectivity index (χ2v) is 10.2. The summed E-state index contributed by atoms with van der Waals surface area (Å²) in [4.78, 5) is 12.8. The number of nitrogens with one attached hydrogen (secondary N) is 1. The number of sulfonamides is 1. The lowest BCUT2D eigenvalue weighted by Crippen LogP contribution is -2.40. The van der Waals surface area contributed by atoms with Gasteiger partial charge in [-0.25, -0.2) is 8.42 Å². The first-order valence-electron chi connectivity index (χ1n) is 9.27. The highest BCUT2D eigenvalue weighted by atomic mass is 35.5. The molecule has 0 radical (unpaired) electrons. The summed E-state index contributed by atoms with van der Waals surface area (Å²) in [6.45, 7) is 2.29. The van der Waals surface area contributed by atoms with Gasteiger partial charge in [0.25, 0.3) is 10.0 Å². The molecule has 10 heteroatoms. The minimum atomic E-state index is -3.49. The Morgan fingerprint density at radius 3 is 2.62 bits per heavy atom. The maximum Gasteiger partial charge on any atom is 0.252 e. The van der Waals surface area contributed by atoms with Crippen LogP contribution in [0.4, 0.5) is 0 Å². The molecule has 0 bridgehead atoms. The topological polar surface area (TPSA) is 84.9 Å². The molecule has 1 N–H and O–H groups in total. The molecule has 1 fully saturated rings. The van der Waals surface area contributed by atoms with Crippen LogP contribution in [0.2, 0.25) is 5.02 Å². The fourth-order valence-corrected chi connectivity index (χ4v) is 5.72. The van der Waals surface area contributed by atoms with Gasteiger partial charge in [-0.15, -0.1) is 11.3 Å². The van der Waals surface area contributed by atoms with Gasteiger partial charge in [0.2, 0.25) is 5.91 Å². The molecule has 7 nitrogen and oxygen atoms in total. The summed E-state index contributed by atoms with van der Waals surface area (Å²) >= 11 is 7.00. The molecule has 2 heterocycles. The fourth-order valence-electron chi connectivity index (χ4n) is 2.73. The van der Waals surface area contributed by atoms with E-state index in [1.54, 1.807) is 36.4 Å². The number of hydrogen-bond acceptors (Lipinski definition) is 6. The first-order valence-corrected chi connectivity index (χ1v) is 11.9. The molecule has 0 aliphatic carbocycles. The van der Waals surface area contributed by atoms with Crippen molar-refractivity contribution in [3.05, 3.63) is 46.3 Å². The highest BCUT2D eigenvalue weighted by Gasteiger charge is 2.27. The Balaban J connectivity index is 1.39. The molecule has 29 heavy (non-hydrogen) atoms. The lowest BCUT2D eigenvalue weighted by Gasteiger charge is -2.25. The van der Waals surface area contributed by atoms with Gasteiger partial charge in [0.05, 0.1) is 26.4 Å². The third-order valence-electron chi connectivity index (χ3n) is 4.29. The zero-order valence-electron chi connectivity index (χ0n) is 15.8. The second kappa shape index (κ2) is 10.4. The Morgan fingerprint density at radius 2 is 1.90 bits per heavy atom. The molecule has 1 saturated heterocycles. The van der Waals surface area contributed by atoms with Crippen molar-refractivity contribution in [2.45, 2.75) is 23.6 Å². The van der Waals surface area contributed by atoms with Crippen molar-refractivity contribution in [3.8, 4) is 5.75 Å². The summed E-state index contributed by atoms with van der Waals surface area (Å²) in [5, 5.41) is 3.46. The summed E-state index contributed by atoms with van der Waals surface area (Å²) in [5.41, 5.74) is 0. The number of hydrogen-bond donors (Lipinski definition) is 1. The van der Waals surface area contributed by atoms with E-state index in [1.165, 1.54) is 15.6 Å². The van der Waals surface area contributed by atoms with E-state index < -0.39 is 10.0 Å². The van der Waals surface area contributed by atoms with Crippen LogP contribution >= 0.6 is 22.9 Å². The standard InChI is InChI=1S/C19H23ClN2O5S2/c20-15-3-5-16(6-4-15)27-11-1-2-18(23)21-14-17-7-8-19(28-17)29(24,25)22-9-12-26-13-10-22/h3-8H,1-2,9-14H2,(H,21,23). The van der Waals surface area contributed by atoms with E-state index in [4.69, 9.17) is 21.1 Å². The van der Waals surface area contributed by atoms with Crippen molar-refractivity contribution >= 4 is 38.9 Å². The van der Waals surface area contributed by atoms with Crippen molar-refractivity contribution in [3.63, 3.8) is 0 Å². The van der Waals surface area contributed by atoms with Crippen molar-refractivity contribution in [1.29, 1.82) is 0 Å². The van der Waals surface area contributed by atoms with Gasteiger partial charge in [-0.3, -0.25) is 4.79 Å². The van der Waals surface area contributed by atoms with Gasteiger partial charge < -0.3 is 14.8 Å². The molecular weight excluding hydrogens is 436 g/mol. The van der Waals surface area contributed by atoms with Crippen LogP contribution in [0.15, 0.2) is 40.6 Å². The number of morpholine rings is 1. The summed E-state index contributed by atoms with van der Waals surface area (Å²) < 4.78 is 37.7. The first-order chi connectivity index (χ1) is 13.9. The SMILES string of the molecule is O=C(CCCOc1ccc(Cl)cc1)NCc1ccc(S(=O)(=O)N2CCOCC2)s1. The molecule has 0 unspecified atom stereocenters. The summed E-state index contributed by atoms with van der Waals surface area (Å²) in [6, 6.07) is 10.4. The molecule has 1 amide bonds. The van der Waals surface area contributed by atoms with E-state index in [9.17, 15) is 13.2 Å². The van der Waals surface area contributed by atoms with Crippen LogP contribution in [-0.4, -0.2) is 51.5 Å². The number of carbonyl (C=O) groups excluding carboxylic acids is 1. The van der Waals surface area contributed by atoms with E-state index >= 15 is 0 Å². The van der Waals surface area contributed by atoms with Gasteiger partial charge in [-0.2, -0.15) is 4.31 Å². The minimum Gasteiger partial charge on any atom is -0.494 e. The summed E-state index contributed by atoms with van der Waals surface area (Å²) in [5.74, 6) is 0.609. The van der Waals surface area contributed by atoms with E-state index in [0.717, 1.165) is 4.88 Å². The fraction of sp³-hybridized carbons (Fsp3) is 0.421. The van der Waals surface area contributed by atoms with Gasteiger partial charge in [0.15, 0.2) is 0 Å². The zero-order valence-corrected chi connectivity index (χ0v) is 18.2. The number of benzene rings is 1. The van der Waals surface area contributed by atoms with Gasteiger partial charge in [0, 0.05) is 29.4 Å². The Kier molecular flexibility index (Phi) is 7.91. The molecule has 3 rings (SSSR count). The van der Waals surface area contributed by atoms with Crippen LogP contribution < -0.4 is 10.1 Å². The molecule has 2 aromatic rings. The summed E-state index contributed by atoms with van der Waals surface area (Å²) in [6.07, 6.45) is 0.910. The van der Waals surface area contributed by atoms with Crippen molar-refractivity contribution < 1.29 is 22.7 Å². The Hall–Kier alpha value is -1.65. The highest BCUT2D eigenvalue weighted by Crippen LogP contribution is 2.25. The van der Waals surface area contributed by atoms with Crippen LogP contribution in [0.25, 0.3) is 0 Å². The van der Waals surface area contributed by atoms with E-state index in [-0.39, 0.29) is 5.91 Å². The normalized spacial score (nSPS) is 15.2. The van der Waals surface area contributed by atoms with Gasteiger partial charge in [0.1, 0.15) is 9.96 Å². The van der Waals surface area contributed by atoms with E-state index in [2.05, 4.69) is 5.32 Å². The molecule has 0 spiro atoms. The zero-order chi connectivity index (χ0) is 20.7. The molecule has 1 aliphatic rings. The average molecular weight is 459 g/mol. The third-order valence-corrected chi connectivity index (χ3v) is 7.99.